The maximum Gasteiger partial charge on any atom is 0.324 e. The van der Waals surface area contributed by atoms with Gasteiger partial charge in [-0.05, 0) is 18.4 Å². The molecule has 0 saturated carbocycles. The van der Waals surface area contributed by atoms with Crippen LogP contribution in [0.4, 0.5) is 9.59 Å². The van der Waals surface area contributed by atoms with Crippen LogP contribution in [-0.4, -0.2) is 53.4 Å². The number of nitrogens with zero attached hydrogens (tertiary/aromatic N) is 2. The second-order valence-electron chi connectivity index (χ2n) is 6.01. The minimum atomic E-state index is -0.831. The Morgan fingerprint density at radius 3 is 2.43 bits per heavy atom. The molecule has 2 aliphatic rings. The van der Waals surface area contributed by atoms with Gasteiger partial charge in [-0.25, -0.2) is 9.59 Å². The number of carbonyl (C=O) groups is 3. The number of likely N-dealkylation sites (N-methyl/N-ethyl adjacent to an activating group) is 1. The summed E-state index contributed by atoms with van der Waals surface area (Å²) in [6.07, 6.45) is 0.890. The molecule has 0 radical (unpaired) electrons. The van der Waals surface area contributed by atoms with Crippen molar-refractivity contribution in [3.05, 3.63) is 35.9 Å². The zero-order valence-electron chi connectivity index (χ0n) is 13.0. The molecule has 2 saturated heterocycles. The molecule has 122 valence electrons. The molecule has 2 heterocycles. The molecule has 0 aliphatic carbocycles. The number of nitrogens with one attached hydrogen (secondary N) is 2. The number of hydrogen-bond acceptors (Lipinski definition) is 3. The lowest BCUT2D eigenvalue weighted by atomic mass is 9.87. The summed E-state index contributed by atoms with van der Waals surface area (Å²) in [5.41, 5.74) is 0.205. The van der Waals surface area contributed by atoms with E-state index in [0.717, 1.165) is 10.5 Å². The van der Waals surface area contributed by atoms with Crippen LogP contribution in [0.2, 0.25) is 0 Å². The number of carbonyl (C=O) groups excluding carboxylic acids is 3. The molecule has 0 bridgehead atoms. The third-order valence-electron chi connectivity index (χ3n) is 4.56. The van der Waals surface area contributed by atoms with Crippen molar-refractivity contribution in [2.24, 2.45) is 0 Å². The monoisotopic (exact) mass is 316 g/mol. The molecule has 7 nitrogen and oxygen atoms in total. The van der Waals surface area contributed by atoms with E-state index in [1.165, 1.54) is 7.05 Å². The Morgan fingerprint density at radius 1 is 1.22 bits per heavy atom. The van der Waals surface area contributed by atoms with E-state index in [2.05, 4.69) is 10.6 Å². The van der Waals surface area contributed by atoms with Crippen LogP contribution in [0.25, 0.3) is 0 Å². The summed E-state index contributed by atoms with van der Waals surface area (Å²) in [5, 5.41) is 5.65. The van der Waals surface area contributed by atoms with E-state index in [-0.39, 0.29) is 18.0 Å². The van der Waals surface area contributed by atoms with Gasteiger partial charge in [-0.15, -0.1) is 0 Å². The fraction of sp³-hybridized carbons (Fsp3) is 0.438. The molecule has 1 aromatic carbocycles. The number of imide groups is 1. The van der Waals surface area contributed by atoms with Gasteiger partial charge < -0.3 is 15.5 Å². The Bertz CT molecular complexity index is 623. The first-order valence-electron chi connectivity index (χ1n) is 7.69. The standard InChI is InChI=1S/C16H20N4O3/c1-19-13(21)16(18-15(19)23)7-9-20(10-8-16)14(22)17-11-12-5-3-2-4-6-12/h2-6H,7-11H2,1H3,(H,17,22)(H,18,23). The van der Waals surface area contributed by atoms with Gasteiger partial charge in [0.2, 0.25) is 0 Å². The van der Waals surface area contributed by atoms with E-state index < -0.39 is 5.54 Å². The SMILES string of the molecule is CN1C(=O)NC2(CCN(C(=O)NCc3ccccc3)CC2)C1=O. The molecule has 1 aromatic rings. The fourth-order valence-corrected chi connectivity index (χ4v) is 3.07. The molecule has 1 spiro atoms. The maximum absolute atomic E-state index is 12.2. The van der Waals surface area contributed by atoms with Gasteiger partial charge in [0.1, 0.15) is 5.54 Å². The first-order chi connectivity index (χ1) is 11.0. The topological polar surface area (TPSA) is 81.8 Å². The second kappa shape index (κ2) is 5.91. The minimum Gasteiger partial charge on any atom is -0.334 e. The van der Waals surface area contributed by atoms with Crippen LogP contribution in [0.5, 0.6) is 0 Å². The van der Waals surface area contributed by atoms with Crippen LogP contribution in [0.15, 0.2) is 30.3 Å². The highest BCUT2D eigenvalue weighted by Crippen LogP contribution is 2.28. The highest BCUT2D eigenvalue weighted by Gasteiger charge is 2.51. The third kappa shape index (κ3) is 2.86. The molecule has 3 rings (SSSR count). The van der Waals surface area contributed by atoms with E-state index in [1.54, 1.807) is 4.90 Å². The Morgan fingerprint density at radius 2 is 1.87 bits per heavy atom. The third-order valence-corrected chi connectivity index (χ3v) is 4.56. The zero-order valence-corrected chi connectivity index (χ0v) is 13.0. The minimum absolute atomic E-state index is 0.145. The molecule has 0 unspecified atom stereocenters. The van der Waals surface area contributed by atoms with Gasteiger partial charge in [-0.2, -0.15) is 0 Å². The maximum atomic E-state index is 12.2. The Balaban J connectivity index is 1.54. The molecule has 7 heteroatoms. The zero-order chi connectivity index (χ0) is 16.4. The van der Waals surface area contributed by atoms with Crippen molar-refractivity contribution in [3.63, 3.8) is 0 Å². The summed E-state index contributed by atoms with van der Waals surface area (Å²) in [6.45, 7) is 1.36. The van der Waals surface area contributed by atoms with Crippen molar-refractivity contribution in [2.75, 3.05) is 20.1 Å². The molecule has 2 aliphatic heterocycles. The van der Waals surface area contributed by atoms with E-state index in [4.69, 9.17) is 0 Å². The van der Waals surface area contributed by atoms with Gasteiger partial charge >= 0.3 is 12.1 Å². The Hall–Kier alpha value is -2.57. The van der Waals surface area contributed by atoms with Gasteiger partial charge in [0.05, 0.1) is 0 Å². The summed E-state index contributed by atoms with van der Waals surface area (Å²) in [6, 6.07) is 9.18. The molecule has 2 fully saturated rings. The number of rotatable bonds is 2. The number of likely N-dealkylation sites (tertiary alicyclic amines) is 1. The molecular weight excluding hydrogens is 296 g/mol. The predicted octanol–water partition coefficient (Wildman–Crippen LogP) is 0.912. The van der Waals surface area contributed by atoms with Crippen molar-refractivity contribution in [1.82, 2.24) is 20.4 Å². The number of urea groups is 2. The molecule has 5 amide bonds. The van der Waals surface area contributed by atoms with Gasteiger partial charge in [-0.3, -0.25) is 9.69 Å². The predicted molar refractivity (Wildman–Crippen MR) is 83.5 cm³/mol. The first-order valence-corrected chi connectivity index (χ1v) is 7.69. The highest BCUT2D eigenvalue weighted by molar-refractivity contribution is 6.06. The summed E-state index contributed by atoms with van der Waals surface area (Å²) < 4.78 is 0. The van der Waals surface area contributed by atoms with Crippen molar-refractivity contribution in [3.8, 4) is 0 Å². The number of amides is 5. The van der Waals surface area contributed by atoms with Gasteiger partial charge in [0.25, 0.3) is 5.91 Å². The Kier molecular flexibility index (Phi) is 3.94. The summed E-state index contributed by atoms with van der Waals surface area (Å²) in [5.74, 6) is -0.202. The quantitative estimate of drug-likeness (QED) is 0.796. The largest absolute Gasteiger partial charge is 0.334 e. The lowest BCUT2D eigenvalue weighted by molar-refractivity contribution is -0.131. The normalized spacial score (nSPS) is 19.9. The van der Waals surface area contributed by atoms with Crippen molar-refractivity contribution >= 4 is 18.0 Å². The highest BCUT2D eigenvalue weighted by atomic mass is 16.2. The van der Waals surface area contributed by atoms with Crippen molar-refractivity contribution < 1.29 is 14.4 Å². The van der Waals surface area contributed by atoms with E-state index >= 15 is 0 Å². The second-order valence-corrected chi connectivity index (χ2v) is 6.01. The van der Waals surface area contributed by atoms with Crippen LogP contribution in [0.3, 0.4) is 0 Å². The molecule has 23 heavy (non-hydrogen) atoms. The number of piperidine rings is 1. The summed E-state index contributed by atoms with van der Waals surface area (Å²) in [7, 11) is 1.48. The Labute approximate surface area is 134 Å². The van der Waals surface area contributed by atoms with Crippen LogP contribution in [0.1, 0.15) is 18.4 Å². The summed E-state index contributed by atoms with van der Waals surface area (Å²) in [4.78, 5) is 38.9. The van der Waals surface area contributed by atoms with Crippen molar-refractivity contribution in [2.45, 2.75) is 24.9 Å². The molecule has 0 atom stereocenters. The number of hydrogen-bond donors (Lipinski definition) is 2. The molecular formula is C16H20N4O3. The van der Waals surface area contributed by atoms with Gasteiger partial charge in [-0.1, -0.05) is 30.3 Å². The van der Waals surface area contributed by atoms with E-state index in [1.807, 2.05) is 30.3 Å². The lowest BCUT2D eigenvalue weighted by Crippen LogP contribution is -2.57. The van der Waals surface area contributed by atoms with Crippen LogP contribution in [0, 0.1) is 0 Å². The molecule has 2 N–H and O–H groups in total. The number of benzene rings is 1. The average Bonchev–Trinajstić information content (AvgIpc) is 2.78. The van der Waals surface area contributed by atoms with Crippen molar-refractivity contribution in [1.29, 1.82) is 0 Å². The average molecular weight is 316 g/mol. The smallest absolute Gasteiger partial charge is 0.324 e. The van der Waals surface area contributed by atoms with E-state index in [9.17, 15) is 14.4 Å². The van der Waals surface area contributed by atoms with E-state index in [0.29, 0.717) is 32.5 Å². The van der Waals surface area contributed by atoms with Crippen LogP contribution >= 0.6 is 0 Å². The fourth-order valence-electron chi connectivity index (χ4n) is 3.07. The lowest BCUT2D eigenvalue weighted by Gasteiger charge is -2.37. The summed E-state index contributed by atoms with van der Waals surface area (Å²) >= 11 is 0. The van der Waals surface area contributed by atoms with Crippen LogP contribution in [-0.2, 0) is 11.3 Å². The van der Waals surface area contributed by atoms with Crippen LogP contribution < -0.4 is 10.6 Å². The first kappa shape index (κ1) is 15.3. The van der Waals surface area contributed by atoms with Gasteiger partial charge in [0, 0.05) is 26.7 Å². The van der Waals surface area contributed by atoms with Gasteiger partial charge in [0.15, 0.2) is 0 Å². The molecule has 0 aromatic heterocycles.